The van der Waals surface area contributed by atoms with E-state index in [0.717, 1.165) is 12.1 Å². The van der Waals surface area contributed by atoms with Gasteiger partial charge in [-0.1, -0.05) is 6.07 Å². The summed E-state index contributed by atoms with van der Waals surface area (Å²) >= 11 is 0. The molecule has 0 saturated carbocycles. The van der Waals surface area contributed by atoms with Gasteiger partial charge in [0.1, 0.15) is 12.5 Å². The molecule has 0 spiro atoms. The first-order chi connectivity index (χ1) is 14.4. The van der Waals surface area contributed by atoms with Crippen LogP contribution in [0.1, 0.15) is 45.7 Å². The molecule has 170 valence electrons. The molecule has 0 aromatic carbocycles. The number of carbonyl (C=O) groups is 2. The van der Waals surface area contributed by atoms with Crippen molar-refractivity contribution in [3.63, 3.8) is 0 Å². The van der Waals surface area contributed by atoms with Crippen molar-refractivity contribution in [3.05, 3.63) is 30.1 Å². The predicted octanol–water partition coefficient (Wildman–Crippen LogP) is 3.17. The minimum atomic E-state index is -4.57. The van der Waals surface area contributed by atoms with Crippen molar-refractivity contribution in [2.75, 3.05) is 6.54 Å². The summed E-state index contributed by atoms with van der Waals surface area (Å²) in [5.41, 5.74) is 0.0904. The first-order valence-corrected chi connectivity index (χ1v) is 10.7. The number of fused-ring (bicyclic) bond motifs is 2. The highest BCUT2D eigenvalue weighted by molar-refractivity contribution is 5.78. The lowest BCUT2D eigenvalue weighted by atomic mass is 9.86. The molecular weight excluding hydrogens is 411 g/mol. The molecule has 0 N–H and O–H groups in total. The number of piperidine rings is 2. The molecule has 5 atom stereocenters. The van der Waals surface area contributed by atoms with Gasteiger partial charge in [0.15, 0.2) is 0 Å². The quantitative estimate of drug-likeness (QED) is 0.675. The number of hydrogen-bond acceptors (Lipinski definition) is 5. The maximum atomic E-state index is 13.0. The number of ether oxygens (including phenoxy) is 1. The van der Waals surface area contributed by atoms with Gasteiger partial charge in [-0.15, -0.1) is 0 Å². The fraction of sp³-hybridized carbons (Fsp3) is 0.682. The average Bonchev–Trinajstić information content (AvgIpc) is 2.78. The molecule has 9 heteroatoms. The Morgan fingerprint density at radius 2 is 1.87 bits per heavy atom. The molecule has 31 heavy (non-hydrogen) atoms. The van der Waals surface area contributed by atoms with Crippen molar-refractivity contribution in [3.8, 4) is 0 Å². The number of halogens is 3. The number of amides is 1. The van der Waals surface area contributed by atoms with Crippen molar-refractivity contribution in [1.82, 2.24) is 14.8 Å². The largest absolute Gasteiger partial charge is 0.458 e. The van der Waals surface area contributed by atoms with Gasteiger partial charge in [0.2, 0.25) is 5.91 Å². The third-order valence-corrected chi connectivity index (χ3v) is 6.52. The SMILES string of the molecule is CC(C)(C)C(=O)O[C@@H]1C2[C@H]3C[C@H](C[C@@H]1N3Cc1ccccn1)CN2C(=O)CC(F)(F)F. The smallest absolute Gasteiger partial charge is 0.397 e. The number of alkyl halides is 3. The summed E-state index contributed by atoms with van der Waals surface area (Å²) in [5.74, 6) is -1.25. The Hall–Kier alpha value is -2.16. The summed E-state index contributed by atoms with van der Waals surface area (Å²) in [7, 11) is 0. The van der Waals surface area contributed by atoms with Gasteiger partial charge < -0.3 is 9.64 Å². The van der Waals surface area contributed by atoms with Crippen molar-refractivity contribution in [1.29, 1.82) is 0 Å². The number of nitrogens with zero attached hydrogens (tertiary/aromatic N) is 3. The summed E-state index contributed by atoms with van der Waals surface area (Å²) in [6, 6.07) is 4.72. The summed E-state index contributed by atoms with van der Waals surface area (Å²) in [6.45, 7) is 6.02. The van der Waals surface area contributed by atoms with E-state index < -0.39 is 42.0 Å². The summed E-state index contributed by atoms with van der Waals surface area (Å²) in [6.07, 6.45) is -3.57. The zero-order chi connectivity index (χ0) is 22.6. The molecule has 4 heterocycles. The van der Waals surface area contributed by atoms with Crippen LogP contribution in [0.2, 0.25) is 0 Å². The zero-order valence-electron chi connectivity index (χ0n) is 17.9. The highest BCUT2D eigenvalue weighted by Crippen LogP contribution is 2.48. The number of rotatable bonds is 4. The summed E-state index contributed by atoms with van der Waals surface area (Å²) < 4.78 is 44.9. The van der Waals surface area contributed by atoms with E-state index in [4.69, 9.17) is 4.74 Å². The van der Waals surface area contributed by atoms with E-state index >= 15 is 0 Å². The van der Waals surface area contributed by atoms with Crippen molar-refractivity contribution in [2.24, 2.45) is 11.3 Å². The van der Waals surface area contributed by atoms with Gasteiger partial charge in [0.05, 0.1) is 17.2 Å². The van der Waals surface area contributed by atoms with E-state index in [2.05, 4.69) is 9.88 Å². The highest BCUT2D eigenvalue weighted by atomic mass is 19.4. The van der Waals surface area contributed by atoms with Crippen molar-refractivity contribution in [2.45, 2.75) is 77.0 Å². The minimum Gasteiger partial charge on any atom is -0.458 e. The maximum Gasteiger partial charge on any atom is 0.397 e. The van der Waals surface area contributed by atoms with Crippen molar-refractivity contribution < 1.29 is 27.5 Å². The van der Waals surface area contributed by atoms with Crippen LogP contribution >= 0.6 is 0 Å². The Morgan fingerprint density at radius 3 is 2.48 bits per heavy atom. The normalized spacial score (nSPS) is 30.5. The average molecular weight is 439 g/mol. The van der Waals surface area contributed by atoms with Crippen LogP contribution in [-0.4, -0.2) is 63.6 Å². The molecule has 1 amide bonds. The number of pyridine rings is 1. The van der Waals surface area contributed by atoms with Crippen LogP contribution in [0.5, 0.6) is 0 Å². The Kier molecular flexibility index (Phi) is 5.52. The van der Waals surface area contributed by atoms with E-state index in [-0.39, 0.29) is 24.5 Å². The van der Waals surface area contributed by atoms with E-state index in [1.807, 2.05) is 18.2 Å². The molecule has 0 radical (unpaired) electrons. The lowest BCUT2D eigenvalue weighted by molar-refractivity contribution is -0.171. The Balaban J connectivity index is 1.65. The number of hydrogen-bond donors (Lipinski definition) is 0. The molecule has 1 aromatic heterocycles. The maximum absolute atomic E-state index is 13.0. The van der Waals surface area contributed by atoms with Crippen LogP contribution in [0.3, 0.4) is 0 Å². The molecule has 0 aliphatic carbocycles. The highest BCUT2D eigenvalue weighted by Gasteiger charge is 2.61. The van der Waals surface area contributed by atoms with Crippen LogP contribution in [0.4, 0.5) is 13.2 Å². The lowest BCUT2D eigenvalue weighted by Crippen LogP contribution is -2.58. The molecule has 3 saturated heterocycles. The Labute approximate surface area is 179 Å². The van der Waals surface area contributed by atoms with Gasteiger partial charge in [-0.05, 0) is 51.7 Å². The van der Waals surface area contributed by atoms with Crippen LogP contribution in [0.15, 0.2) is 24.4 Å². The van der Waals surface area contributed by atoms with E-state index in [9.17, 15) is 22.8 Å². The Morgan fingerprint density at radius 1 is 1.16 bits per heavy atom. The van der Waals surface area contributed by atoms with Gasteiger partial charge in [-0.25, -0.2) is 0 Å². The third kappa shape index (κ3) is 4.42. The second-order valence-electron chi connectivity index (χ2n) is 9.91. The van der Waals surface area contributed by atoms with E-state index in [1.165, 1.54) is 4.90 Å². The molecular formula is C22H28F3N3O3. The predicted molar refractivity (Wildman–Crippen MR) is 106 cm³/mol. The molecule has 6 nitrogen and oxygen atoms in total. The minimum absolute atomic E-state index is 0.0988. The van der Waals surface area contributed by atoms with E-state index in [0.29, 0.717) is 13.0 Å². The molecule has 3 bridgehead atoms. The van der Waals surface area contributed by atoms with Crippen LogP contribution in [0.25, 0.3) is 0 Å². The van der Waals surface area contributed by atoms with E-state index in [1.54, 1.807) is 27.0 Å². The number of aromatic nitrogens is 1. The van der Waals surface area contributed by atoms with Gasteiger partial charge in [0, 0.05) is 31.4 Å². The lowest BCUT2D eigenvalue weighted by Gasteiger charge is -2.46. The topological polar surface area (TPSA) is 62.7 Å². The molecule has 3 aliphatic heterocycles. The van der Waals surface area contributed by atoms with Crippen molar-refractivity contribution >= 4 is 11.9 Å². The second kappa shape index (κ2) is 7.76. The number of likely N-dealkylation sites (tertiary alicyclic amines) is 1. The molecule has 1 aromatic rings. The molecule has 3 fully saturated rings. The number of esters is 1. The van der Waals surface area contributed by atoms with Crippen LogP contribution < -0.4 is 0 Å². The first kappa shape index (κ1) is 22.0. The molecule has 3 aliphatic rings. The zero-order valence-corrected chi connectivity index (χ0v) is 17.9. The summed E-state index contributed by atoms with van der Waals surface area (Å²) in [4.78, 5) is 33.3. The fourth-order valence-electron chi connectivity index (χ4n) is 5.24. The van der Waals surface area contributed by atoms with Gasteiger partial charge in [-0.3, -0.25) is 19.5 Å². The van der Waals surface area contributed by atoms with Gasteiger partial charge >= 0.3 is 12.1 Å². The van der Waals surface area contributed by atoms with Gasteiger partial charge in [0.25, 0.3) is 0 Å². The monoisotopic (exact) mass is 439 g/mol. The van der Waals surface area contributed by atoms with Crippen LogP contribution in [0, 0.1) is 11.3 Å². The standard InChI is InChI=1S/C22H28F3N3O3/c1-21(2,3)20(30)31-19-16-9-13-8-15(27(16)12-14-6-4-5-7-26-14)18(19)28(11-13)17(29)10-22(23,24)25/h4-7,13,15-16,18-19H,8-12H2,1-3H3/t13-,15-,16+,18?,19+/m1/s1. The molecule has 4 rings (SSSR count). The molecule has 1 unspecified atom stereocenters. The summed E-state index contributed by atoms with van der Waals surface area (Å²) in [5, 5.41) is 0. The fourth-order valence-corrected chi connectivity index (χ4v) is 5.24. The Bertz CT molecular complexity index is 840. The number of carbonyl (C=O) groups excluding carboxylic acids is 2. The van der Waals surface area contributed by atoms with Gasteiger partial charge in [-0.2, -0.15) is 13.2 Å². The third-order valence-electron chi connectivity index (χ3n) is 6.52. The second-order valence-corrected chi connectivity index (χ2v) is 9.91. The first-order valence-electron chi connectivity index (χ1n) is 10.7. The van der Waals surface area contributed by atoms with Crippen LogP contribution in [-0.2, 0) is 20.9 Å².